The molecule has 0 aliphatic heterocycles. The molecule has 4 heteroatoms. The number of carbonyl (C=O) groups excluding carboxylic acids is 3. The topological polar surface area (TPSA) is 60.4 Å². The fraction of sp³-hybridized carbons (Fsp3) is 0.462. The predicted molar refractivity (Wildman–Crippen MR) is 64.4 cm³/mol. The van der Waals surface area contributed by atoms with Crippen LogP contribution in [0.5, 0.6) is 0 Å². The summed E-state index contributed by atoms with van der Waals surface area (Å²) < 4.78 is 4.91. The molecule has 0 aromatic carbocycles. The third-order valence-corrected chi connectivity index (χ3v) is 1.93. The summed E-state index contributed by atoms with van der Waals surface area (Å²) >= 11 is 0. The van der Waals surface area contributed by atoms with Crippen molar-refractivity contribution >= 4 is 17.5 Å². The van der Waals surface area contributed by atoms with E-state index in [1.54, 1.807) is 0 Å². The molecule has 0 unspecified atom stereocenters. The lowest BCUT2D eigenvalue weighted by atomic mass is 10.1. The van der Waals surface area contributed by atoms with Crippen LogP contribution in [0.3, 0.4) is 0 Å². The zero-order valence-corrected chi connectivity index (χ0v) is 10.5. The van der Waals surface area contributed by atoms with Crippen LogP contribution in [0.2, 0.25) is 0 Å². The van der Waals surface area contributed by atoms with Crippen molar-refractivity contribution in [3.8, 4) is 0 Å². The Kier molecular flexibility index (Phi) is 6.79. The number of allylic oxidation sites excluding steroid dienone is 2. The zero-order chi connectivity index (χ0) is 13.4. The number of hydrogen-bond acceptors (Lipinski definition) is 4. The van der Waals surface area contributed by atoms with Gasteiger partial charge in [-0.1, -0.05) is 20.4 Å². The minimum Gasteiger partial charge on any atom is -0.461 e. The highest BCUT2D eigenvalue weighted by atomic mass is 16.5. The van der Waals surface area contributed by atoms with Gasteiger partial charge in [-0.15, -0.1) is 0 Å². The van der Waals surface area contributed by atoms with Crippen molar-refractivity contribution in [3.63, 3.8) is 0 Å². The van der Waals surface area contributed by atoms with Crippen molar-refractivity contribution in [2.24, 2.45) is 5.92 Å². The summed E-state index contributed by atoms with van der Waals surface area (Å²) in [5.41, 5.74) is 0.173. The minimum atomic E-state index is -0.380. The van der Waals surface area contributed by atoms with E-state index in [0.29, 0.717) is 6.42 Å². The van der Waals surface area contributed by atoms with Gasteiger partial charge in [0.15, 0.2) is 11.6 Å². The van der Waals surface area contributed by atoms with Gasteiger partial charge in [-0.05, 0) is 25.0 Å². The molecule has 0 bridgehead atoms. The zero-order valence-electron chi connectivity index (χ0n) is 10.5. The molecule has 0 amide bonds. The van der Waals surface area contributed by atoms with Gasteiger partial charge in [-0.2, -0.15) is 0 Å². The van der Waals surface area contributed by atoms with Crippen molar-refractivity contribution in [3.05, 3.63) is 24.3 Å². The smallest absolute Gasteiger partial charge is 0.306 e. The highest BCUT2D eigenvalue weighted by Crippen LogP contribution is 2.04. The van der Waals surface area contributed by atoms with Crippen LogP contribution in [0.4, 0.5) is 0 Å². The molecule has 0 aliphatic rings. The van der Waals surface area contributed by atoms with Gasteiger partial charge in [-0.25, -0.2) is 0 Å². The average molecular weight is 238 g/mol. The second kappa shape index (κ2) is 7.54. The fourth-order valence-electron chi connectivity index (χ4n) is 1.03. The van der Waals surface area contributed by atoms with E-state index in [0.717, 1.165) is 12.2 Å². The van der Waals surface area contributed by atoms with Gasteiger partial charge in [0.1, 0.15) is 6.61 Å². The van der Waals surface area contributed by atoms with Gasteiger partial charge in [0.2, 0.25) is 0 Å². The van der Waals surface area contributed by atoms with Crippen LogP contribution in [0.25, 0.3) is 0 Å². The SMILES string of the molecule is C=CC(=O)/C=C(/COC(=O)CC(C)C)C(C)=O. The second-order valence-corrected chi connectivity index (χ2v) is 4.09. The predicted octanol–water partition coefficient (Wildman–Crippen LogP) is 1.85. The van der Waals surface area contributed by atoms with Gasteiger partial charge < -0.3 is 4.74 Å². The Morgan fingerprint density at radius 1 is 1.29 bits per heavy atom. The molecule has 0 heterocycles. The van der Waals surface area contributed by atoms with Crippen LogP contribution >= 0.6 is 0 Å². The van der Waals surface area contributed by atoms with Crippen LogP contribution < -0.4 is 0 Å². The van der Waals surface area contributed by atoms with Crippen molar-refractivity contribution < 1.29 is 19.1 Å². The van der Waals surface area contributed by atoms with Gasteiger partial charge in [-0.3, -0.25) is 14.4 Å². The van der Waals surface area contributed by atoms with Crippen molar-refractivity contribution in [2.75, 3.05) is 6.61 Å². The molecule has 0 aliphatic carbocycles. The largest absolute Gasteiger partial charge is 0.461 e. The first-order chi connectivity index (χ1) is 7.86. The van der Waals surface area contributed by atoms with Gasteiger partial charge in [0, 0.05) is 12.0 Å². The van der Waals surface area contributed by atoms with Gasteiger partial charge in [0.05, 0.1) is 0 Å². The van der Waals surface area contributed by atoms with E-state index >= 15 is 0 Å². The Balaban J connectivity index is 4.43. The summed E-state index contributed by atoms with van der Waals surface area (Å²) in [5.74, 6) is -0.854. The lowest BCUT2D eigenvalue weighted by Gasteiger charge is -2.07. The number of ether oxygens (including phenoxy) is 1. The third-order valence-electron chi connectivity index (χ3n) is 1.93. The van der Waals surface area contributed by atoms with E-state index in [4.69, 9.17) is 4.74 Å². The summed E-state index contributed by atoms with van der Waals surface area (Å²) in [7, 11) is 0. The number of ketones is 2. The number of carbonyl (C=O) groups is 3. The van der Waals surface area contributed by atoms with Crippen molar-refractivity contribution in [2.45, 2.75) is 27.2 Å². The molecule has 0 atom stereocenters. The Bertz CT molecular complexity index is 350. The summed E-state index contributed by atoms with van der Waals surface area (Å²) in [6.45, 7) is 8.23. The molecule has 0 saturated carbocycles. The number of esters is 1. The van der Waals surface area contributed by atoms with E-state index in [1.165, 1.54) is 6.92 Å². The molecule has 0 spiro atoms. The van der Waals surface area contributed by atoms with Crippen molar-refractivity contribution in [1.82, 2.24) is 0 Å². The molecule has 4 nitrogen and oxygen atoms in total. The monoisotopic (exact) mass is 238 g/mol. The highest BCUT2D eigenvalue weighted by Gasteiger charge is 2.11. The number of rotatable bonds is 7. The molecule has 0 aromatic rings. The van der Waals surface area contributed by atoms with E-state index in [1.807, 2.05) is 13.8 Å². The lowest BCUT2D eigenvalue weighted by molar-refractivity contribution is -0.143. The molecular formula is C13H18O4. The van der Waals surface area contributed by atoms with Crippen LogP contribution in [0, 0.1) is 5.92 Å². The van der Waals surface area contributed by atoms with Crippen LogP contribution in [-0.2, 0) is 19.1 Å². The van der Waals surface area contributed by atoms with Crippen LogP contribution in [0.15, 0.2) is 24.3 Å². The summed E-state index contributed by atoms with van der Waals surface area (Å²) in [6.07, 6.45) is 2.53. The van der Waals surface area contributed by atoms with E-state index in [2.05, 4.69) is 6.58 Å². The Morgan fingerprint density at radius 3 is 2.29 bits per heavy atom. The average Bonchev–Trinajstić information content (AvgIpc) is 2.22. The molecule has 0 aromatic heterocycles. The Labute approximate surface area is 101 Å². The molecule has 0 N–H and O–H groups in total. The quantitative estimate of drug-likeness (QED) is 0.501. The molecule has 0 fully saturated rings. The first-order valence-corrected chi connectivity index (χ1v) is 5.40. The minimum absolute atomic E-state index is 0.166. The third kappa shape index (κ3) is 7.22. The normalized spacial score (nSPS) is 11.2. The van der Waals surface area contributed by atoms with E-state index in [9.17, 15) is 14.4 Å². The molecule has 0 rings (SSSR count). The van der Waals surface area contributed by atoms with E-state index in [-0.39, 0.29) is 35.6 Å². The molecule has 17 heavy (non-hydrogen) atoms. The Morgan fingerprint density at radius 2 is 1.88 bits per heavy atom. The van der Waals surface area contributed by atoms with E-state index < -0.39 is 0 Å². The van der Waals surface area contributed by atoms with Crippen molar-refractivity contribution in [1.29, 1.82) is 0 Å². The first-order valence-electron chi connectivity index (χ1n) is 5.40. The Hall–Kier alpha value is -1.71. The standard InChI is InChI=1S/C13H18O4/c1-5-12(15)7-11(10(4)14)8-17-13(16)6-9(2)3/h5,7,9H,1,6,8H2,2-4H3/b11-7-. The number of hydrogen-bond donors (Lipinski definition) is 0. The summed E-state index contributed by atoms with van der Waals surface area (Å²) in [6, 6.07) is 0. The molecule has 94 valence electrons. The molecular weight excluding hydrogens is 220 g/mol. The number of Topliss-reactive ketones (excluding diaryl/α,β-unsaturated/α-hetero) is 1. The maximum Gasteiger partial charge on any atom is 0.306 e. The second-order valence-electron chi connectivity index (χ2n) is 4.09. The molecule has 0 radical (unpaired) electrons. The van der Waals surface area contributed by atoms with Crippen LogP contribution in [-0.4, -0.2) is 24.1 Å². The first kappa shape index (κ1) is 15.3. The lowest BCUT2D eigenvalue weighted by Crippen LogP contribution is -2.13. The van der Waals surface area contributed by atoms with Gasteiger partial charge in [0.25, 0.3) is 0 Å². The summed E-state index contributed by atoms with van der Waals surface area (Å²) in [4.78, 5) is 33.5. The highest BCUT2D eigenvalue weighted by molar-refractivity contribution is 6.06. The molecule has 0 saturated heterocycles. The fourth-order valence-corrected chi connectivity index (χ4v) is 1.03. The summed E-state index contributed by atoms with van der Waals surface area (Å²) in [5, 5.41) is 0. The maximum absolute atomic E-state index is 11.3. The van der Waals surface area contributed by atoms with Gasteiger partial charge >= 0.3 is 5.97 Å². The maximum atomic E-state index is 11.3. The van der Waals surface area contributed by atoms with Crippen LogP contribution in [0.1, 0.15) is 27.2 Å².